The zero-order valence-corrected chi connectivity index (χ0v) is 11.6. The molecule has 1 aliphatic carbocycles. The van der Waals surface area contributed by atoms with E-state index in [0.29, 0.717) is 30.9 Å². The predicted octanol–water partition coefficient (Wildman–Crippen LogP) is 2.84. The Morgan fingerprint density at radius 2 is 1.94 bits per heavy atom. The van der Waals surface area contributed by atoms with Crippen molar-refractivity contribution in [1.82, 2.24) is 4.90 Å². The molecule has 0 saturated heterocycles. The highest BCUT2D eigenvalue weighted by molar-refractivity contribution is 5.76. The molecular weight excluding hydrogens is 214 g/mol. The van der Waals surface area contributed by atoms with Gasteiger partial charge < -0.3 is 9.64 Å². The second kappa shape index (κ2) is 7.70. The number of carbonyl (C=O) groups is 1. The second-order valence-electron chi connectivity index (χ2n) is 5.47. The molecule has 0 N–H and O–H groups in total. The van der Waals surface area contributed by atoms with Crippen LogP contribution < -0.4 is 0 Å². The molecule has 3 nitrogen and oxygen atoms in total. The molecule has 0 spiro atoms. The Morgan fingerprint density at radius 1 is 1.29 bits per heavy atom. The van der Waals surface area contributed by atoms with E-state index in [1.165, 1.54) is 32.1 Å². The van der Waals surface area contributed by atoms with Gasteiger partial charge in [0.05, 0.1) is 6.61 Å². The Balaban J connectivity index is 2.54. The van der Waals surface area contributed by atoms with E-state index in [1.54, 1.807) is 7.11 Å². The van der Waals surface area contributed by atoms with Gasteiger partial charge in [0.2, 0.25) is 5.91 Å². The minimum Gasteiger partial charge on any atom is -0.383 e. The lowest BCUT2D eigenvalue weighted by atomic mass is 9.93. The number of rotatable bonds is 6. The monoisotopic (exact) mass is 241 g/mol. The van der Waals surface area contributed by atoms with Gasteiger partial charge in [0.1, 0.15) is 0 Å². The van der Waals surface area contributed by atoms with Gasteiger partial charge in [-0.3, -0.25) is 4.79 Å². The van der Waals surface area contributed by atoms with Crippen molar-refractivity contribution in [2.24, 2.45) is 5.92 Å². The van der Waals surface area contributed by atoms with E-state index < -0.39 is 0 Å². The first-order valence-corrected chi connectivity index (χ1v) is 6.93. The highest BCUT2D eigenvalue weighted by Gasteiger charge is 2.25. The van der Waals surface area contributed by atoms with E-state index in [2.05, 4.69) is 18.7 Å². The quantitative estimate of drug-likeness (QED) is 0.715. The molecule has 1 saturated carbocycles. The molecule has 3 heteroatoms. The average Bonchev–Trinajstić information content (AvgIpc) is 2.30. The summed E-state index contributed by atoms with van der Waals surface area (Å²) in [4.78, 5) is 14.3. The lowest BCUT2D eigenvalue weighted by molar-refractivity contribution is -0.135. The van der Waals surface area contributed by atoms with Gasteiger partial charge >= 0.3 is 0 Å². The molecule has 1 rings (SSSR count). The maximum atomic E-state index is 12.2. The van der Waals surface area contributed by atoms with Crippen LogP contribution in [-0.2, 0) is 9.53 Å². The van der Waals surface area contributed by atoms with Gasteiger partial charge in [0.25, 0.3) is 0 Å². The van der Waals surface area contributed by atoms with Gasteiger partial charge in [-0.05, 0) is 18.8 Å². The van der Waals surface area contributed by atoms with Crippen LogP contribution in [-0.4, -0.2) is 37.1 Å². The zero-order chi connectivity index (χ0) is 12.7. The Morgan fingerprint density at radius 3 is 2.47 bits per heavy atom. The van der Waals surface area contributed by atoms with Gasteiger partial charge in [0.15, 0.2) is 0 Å². The summed E-state index contributed by atoms with van der Waals surface area (Å²) in [6, 6.07) is 0.463. The van der Waals surface area contributed by atoms with Gasteiger partial charge in [-0.1, -0.05) is 33.1 Å². The van der Waals surface area contributed by atoms with E-state index in [9.17, 15) is 4.79 Å². The lowest BCUT2D eigenvalue weighted by Gasteiger charge is -2.34. The third-order valence-corrected chi connectivity index (χ3v) is 3.45. The molecule has 0 aromatic carbocycles. The number of methoxy groups -OCH3 is 1. The summed E-state index contributed by atoms with van der Waals surface area (Å²) in [7, 11) is 1.70. The lowest BCUT2D eigenvalue weighted by Crippen LogP contribution is -2.43. The highest BCUT2D eigenvalue weighted by atomic mass is 16.5. The smallest absolute Gasteiger partial charge is 0.223 e. The first-order chi connectivity index (χ1) is 8.15. The van der Waals surface area contributed by atoms with Crippen molar-refractivity contribution in [3.63, 3.8) is 0 Å². The maximum Gasteiger partial charge on any atom is 0.223 e. The first-order valence-electron chi connectivity index (χ1n) is 6.93. The highest BCUT2D eigenvalue weighted by Crippen LogP contribution is 2.23. The molecule has 0 heterocycles. The standard InChI is InChI=1S/C14H27NO2/c1-12(2)11-14(16)15(9-10-17-3)13-7-5-4-6-8-13/h12-13H,4-11H2,1-3H3. The van der Waals surface area contributed by atoms with Crippen molar-refractivity contribution in [1.29, 1.82) is 0 Å². The normalized spacial score (nSPS) is 17.4. The molecule has 1 fully saturated rings. The van der Waals surface area contributed by atoms with Crippen molar-refractivity contribution in [3.05, 3.63) is 0 Å². The Kier molecular flexibility index (Phi) is 6.56. The van der Waals surface area contributed by atoms with Crippen molar-refractivity contribution in [2.45, 2.75) is 58.4 Å². The van der Waals surface area contributed by atoms with Crippen molar-refractivity contribution < 1.29 is 9.53 Å². The number of hydrogen-bond donors (Lipinski definition) is 0. The molecule has 0 unspecified atom stereocenters. The summed E-state index contributed by atoms with van der Waals surface area (Å²) in [6.07, 6.45) is 6.88. The van der Waals surface area contributed by atoms with Crippen LogP contribution >= 0.6 is 0 Å². The number of ether oxygens (including phenoxy) is 1. The molecule has 0 atom stereocenters. The van der Waals surface area contributed by atoms with Crippen LogP contribution in [0, 0.1) is 5.92 Å². The van der Waals surface area contributed by atoms with E-state index in [4.69, 9.17) is 4.74 Å². The topological polar surface area (TPSA) is 29.5 Å². The fourth-order valence-corrected chi connectivity index (χ4v) is 2.56. The van der Waals surface area contributed by atoms with E-state index in [1.807, 2.05) is 0 Å². The largest absolute Gasteiger partial charge is 0.383 e. The third-order valence-electron chi connectivity index (χ3n) is 3.45. The maximum absolute atomic E-state index is 12.2. The second-order valence-corrected chi connectivity index (χ2v) is 5.47. The van der Waals surface area contributed by atoms with Crippen LogP contribution in [0.25, 0.3) is 0 Å². The van der Waals surface area contributed by atoms with Crippen LogP contribution in [0.5, 0.6) is 0 Å². The number of carbonyl (C=O) groups excluding carboxylic acids is 1. The molecule has 0 bridgehead atoms. The Bertz CT molecular complexity index is 222. The zero-order valence-electron chi connectivity index (χ0n) is 11.6. The van der Waals surface area contributed by atoms with E-state index in [-0.39, 0.29) is 0 Å². The van der Waals surface area contributed by atoms with Crippen LogP contribution in [0.3, 0.4) is 0 Å². The summed E-state index contributed by atoms with van der Waals surface area (Å²) in [5.74, 6) is 0.750. The summed E-state index contributed by atoms with van der Waals surface area (Å²) < 4.78 is 5.12. The van der Waals surface area contributed by atoms with Gasteiger partial charge in [-0.25, -0.2) is 0 Å². The van der Waals surface area contributed by atoms with Gasteiger partial charge in [-0.15, -0.1) is 0 Å². The number of hydrogen-bond acceptors (Lipinski definition) is 2. The van der Waals surface area contributed by atoms with Crippen molar-refractivity contribution >= 4 is 5.91 Å². The Labute approximate surface area is 106 Å². The summed E-state index contributed by atoms with van der Waals surface area (Å²) in [6.45, 7) is 5.62. The fraction of sp³-hybridized carbons (Fsp3) is 0.929. The number of amides is 1. The van der Waals surface area contributed by atoms with Crippen LogP contribution in [0.1, 0.15) is 52.4 Å². The summed E-state index contributed by atoms with van der Waals surface area (Å²) in [5.41, 5.74) is 0. The van der Waals surface area contributed by atoms with Crippen LogP contribution in [0.15, 0.2) is 0 Å². The predicted molar refractivity (Wildman–Crippen MR) is 69.9 cm³/mol. The fourth-order valence-electron chi connectivity index (χ4n) is 2.56. The summed E-state index contributed by atoms with van der Waals surface area (Å²) in [5, 5.41) is 0. The molecule has 0 aromatic rings. The molecule has 17 heavy (non-hydrogen) atoms. The molecular formula is C14H27NO2. The van der Waals surface area contributed by atoms with Crippen LogP contribution in [0.2, 0.25) is 0 Å². The van der Waals surface area contributed by atoms with E-state index in [0.717, 1.165) is 6.54 Å². The van der Waals surface area contributed by atoms with Crippen molar-refractivity contribution in [2.75, 3.05) is 20.3 Å². The van der Waals surface area contributed by atoms with E-state index >= 15 is 0 Å². The molecule has 0 aliphatic heterocycles. The minimum atomic E-state index is 0.309. The molecule has 100 valence electrons. The number of nitrogens with zero attached hydrogens (tertiary/aromatic N) is 1. The summed E-state index contributed by atoms with van der Waals surface area (Å²) >= 11 is 0. The minimum absolute atomic E-state index is 0.309. The molecule has 1 amide bonds. The SMILES string of the molecule is COCCN(C(=O)CC(C)C)C1CCCCC1. The van der Waals surface area contributed by atoms with Crippen molar-refractivity contribution in [3.8, 4) is 0 Å². The average molecular weight is 241 g/mol. The Hall–Kier alpha value is -0.570. The van der Waals surface area contributed by atoms with Gasteiger partial charge in [0, 0.05) is 26.1 Å². The molecule has 0 aromatic heterocycles. The molecule has 0 radical (unpaired) electrons. The first kappa shape index (κ1) is 14.5. The van der Waals surface area contributed by atoms with Crippen LogP contribution in [0.4, 0.5) is 0 Å². The molecule has 1 aliphatic rings. The van der Waals surface area contributed by atoms with Gasteiger partial charge in [-0.2, -0.15) is 0 Å². The third kappa shape index (κ3) is 5.07.